The highest BCUT2D eigenvalue weighted by molar-refractivity contribution is 5.96. The van der Waals surface area contributed by atoms with Crippen LogP contribution in [-0.2, 0) is 4.79 Å². The fourth-order valence-corrected chi connectivity index (χ4v) is 2.38. The molecule has 0 spiro atoms. The van der Waals surface area contributed by atoms with Gasteiger partial charge in [-0.25, -0.2) is 0 Å². The van der Waals surface area contributed by atoms with Gasteiger partial charge in [0.05, 0.1) is 11.2 Å². The van der Waals surface area contributed by atoms with Crippen molar-refractivity contribution in [1.82, 2.24) is 10.3 Å². The minimum absolute atomic E-state index is 0.0290. The number of nitrogens with one attached hydrogen (secondary N) is 2. The Balaban J connectivity index is 2.06. The summed E-state index contributed by atoms with van der Waals surface area (Å²) in [6.07, 6.45) is 5.28. The highest BCUT2D eigenvalue weighted by Gasteiger charge is 2.40. The van der Waals surface area contributed by atoms with Gasteiger partial charge in [0, 0.05) is 0 Å². The Labute approximate surface area is 101 Å². The Morgan fingerprint density at radius 1 is 1.71 bits per heavy atom. The van der Waals surface area contributed by atoms with E-state index in [2.05, 4.69) is 22.5 Å². The normalized spacial score (nSPS) is 23.9. The molecule has 1 aliphatic rings. The lowest BCUT2D eigenvalue weighted by atomic mass is 9.91. The third-order valence-corrected chi connectivity index (χ3v) is 3.19. The Morgan fingerprint density at radius 2 is 2.53 bits per heavy atom. The van der Waals surface area contributed by atoms with Gasteiger partial charge in [0.2, 0.25) is 5.91 Å². The quantitative estimate of drug-likeness (QED) is 0.838. The molecule has 0 saturated carbocycles. The second-order valence-corrected chi connectivity index (χ2v) is 4.61. The predicted octanol–water partition coefficient (Wildman–Crippen LogP) is 1.84. The van der Waals surface area contributed by atoms with Gasteiger partial charge in [0.25, 0.3) is 0 Å². The van der Waals surface area contributed by atoms with Crippen LogP contribution in [0.15, 0.2) is 10.7 Å². The zero-order chi connectivity index (χ0) is 12.3. The van der Waals surface area contributed by atoms with E-state index in [1.165, 1.54) is 6.26 Å². The molecule has 94 valence electrons. The van der Waals surface area contributed by atoms with Crippen LogP contribution >= 0.6 is 0 Å². The molecule has 1 aromatic rings. The molecule has 2 rings (SSSR count). The SMILES string of the molecule is CCCC1(C(=O)Nc2nc(C)co2)CCCN1. The van der Waals surface area contributed by atoms with E-state index in [0.717, 1.165) is 37.9 Å². The molecule has 0 bridgehead atoms. The van der Waals surface area contributed by atoms with Gasteiger partial charge in [-0.1, -0.05) is 13.3 Å². The number of nitrogens with zero attached hydrogens (tertiary/aromatic N) is 1. The zero-order valence-corrected chi connectivity index (χ0v) is 10.4. The molecule has 17 heavy (non-hydrogen) atoms. The average molecular weight is 237 g/mol. The van der Waals surface area contributed by atoms with Gasteiger partial charge in [-0.2, -0.15) is 4.98 Å². The van der Waals surface area contributed by atoms with E-state index in [-0.39, 0.29) is 11.9 Å². The highest BCUT2D eigenvalue weighted by Crippen LogP contribution is 2.26. The summed E-state index contributed by atoms with van der Waals surface area (Å²) in [6, 6.07) is 0.289. The zero-order valence-electron chi connectivity index (χ0n) is 10.4. The number of amides is 1. The molecule has 2 heterocycles. The highest BCUT2D eigenvalue weighted by atomic mass is 16.4. The monoisotopic (exact) mass is 237 g/mol. The third kappa shape index (κ3) is 2.49. The van der Waals surface area contributed by atoms with Crippen molar-refractivity contribution in [2.24, 2.45) is 0 Å². The number of aromatic nitrogens is 1. The molecule has 0 radical (unpaired) electrons. The van der Waals surface area contributed by atoms with Crippen LogP contribution < -0.4 is 10.6 Å². The summed E-state index contributed by atoms with van der Waals surface area (Å²) in [5, 5.41) is 6.07. The molecule has 1 unspecified atom stereocenters. The van der Waals surface area contributed by atoms with Crippen molar-refractivity contribution >= 4 is 11.9 Å². The Morgan fingerprint density at radius 3 is 3.06 bits per heavy atom. The minimum atomic E-state index is -0.433. The summed E-state index contributed by atoms with van der Waals surface area (Å²) in [5.41, 5.74) is 0.334. The van der Waals surface area contributed by atoms with Gasteiger partial charge in [-0.05, 0) is 32.7 Å². The van der Waals surface area contributed by atoms with Crippen LogP contribution in [0, 0.1) is 6.92 Å². The summed E-state index contributed by atoms with van der Waals surface area (Å²) in [6.45, 7) is 4.82. The molecule has 1 atom stereocenters. The van der Waals surface area contributed by atoms with Crippen LogP contribution in [0.3, 0.4) is 0 Å². The van der Waals surface area contributed by atoms with Gasteiger partial charge >= 0.3 is 6.01 Å². The van der Waals surface area contributed by atoms with Crippen molar-refractivity contribution in [1.29, 1.82) is 0 Å². The van der Waals surface area contributed by atoms with E-state index >= 15 is 0 Å². The second kappa shape index (κ2) is 4.87. The minimum Gasteiger partial charge on any atom is -0.432 e. The smallest absolute Gasteiger partial charge is 0.301 e. The molecule has 1 aromatic heterocycles. The Kier molecular flexibility index (Phi) is 3.47. The number of aryl methyl sites for hydroxylation is 1. The van der Waals surface area contributed by atoms with E-state index in [4.69, 9.17) is 4.42 Å². The topological polar surface area (TPSA) is 67.2 Å². The molecular weight excluding hydrogens is 218 g/mol. The largest absolute Gasteiger partial charge is 0.432 e. The van der Waals surface area contributed by atoms with Crippen molar-refractivity contribution in [3.05, 3.63) is 12.0 Å². The van der Waals surface area contributed by atoms with Crippen LogP contribution in [0.4, 0.5) is 6.01 Å². The first-order valence-corrected chi connectivity index (χ1v) is 6.15. The van der Waals surface area contributed by atoms with Crippen LogP contribution in [-0.4, -0.2) is 23.0 Å². The molecule has 1 aliphatic heterocycles. The van der Waals surface area contributed by atoms with E-state index in [1.807, 2.05) is 6.92 Å². The molecule has 1 amide bonds. The first kappa shape index (κ1) is 12.1. The van der Waals surface area contributed by atoms with Crippen molar-refractivity contribution in [2.45, 2.75) is 45.1 Å². The summed E-state index contributed by atoms with van der Waals surface area (Å²) in [4.78, 5) is 16.3. The molecule has 0 aliphatic carbocycles. The van der Waals surface area contributed by atoms with Crippen LogP contribution in [0.2, 0.25) is 0 Å². The average Bonchev–Trinajstić information content (AvgIpc) is 2.89. The van der Waals surface area contributed by atoms with Gasteiger partial charge in [0.15, 0.2) is 0 Å². The third-order valence-electron chi connectivity index (χ3n) is 3.19. The number of hydrogen-bond donors (Lipinski definition) is 2. The van der Waals surface area contributed by atoms with E-state index in [0.29, 0.717) is 0 Å². The summed E-state index contributed by atoms with van der Waals surface area (Å²) >= 11 is 0. The predicted molar refractivity (Wildman–Crippen MR) is 64.7 cm³/mol. The number of carbonyl (C=O) groups is 1. The number of carbonyl (C=O) groups excluding carboxylic acids is 1. The Hall–Kier alpha value is -1.36. The molecule has 1 saturated heterocycles. The fraction of sp³-hybridized carbons (Fsp3) is 0.667. The lowest BCUT2D eigenvalue weighted by Crippen LogP contribution is -2.50. The number of anilines is 1. The number of hydrogen-bond acceptors (Lipinski definition) is 4. The van der Waals surface area contributed by atoms with E-state index in [9.17, 15) is 4.79 Å². The second-order valence-electron chi connectivity index (χ2n) is 4.61. The summed E-state index contributed by atoms with van der Waals surface area (Å²) in [7, 11) is 0. The van der Waals surface area contributed by atoms with Crippen LogP contribution in [0.1, 0.15) is 38.3 Å². The van der Waals surface area contributed by atoms with Crippen molar-refractivity contribution in [2.75, 3.05) is 11.9 Å². The summed E-state index contributed by atoms with van der Waals surface area (Å²) in [5.74, 6) is -0.0290. The standard InChI is InChI=1S/C12H19N3O2/c1-3-5-12(6-4-7-13-12)10(16)15-11-14-9(2)8-17-11/h8,13H,3-7H2,1-2H3,(H,14,15,16). The van der Waals surface area contributed by atoms with Crippen LogP contribution in [0.25, 0.3) is 0 Å². The van der Waals surface area contributed by atoms with E-state index < -0.39 is 5.54 Å². The Bertz CT molecular complexity index is 394. The number of oxazole rings is 1. The lowest BCUT2D eigenvalue weighted by molar-refractivity contribution is -0.122. The molecule has 5 nitrogen and oxygen atoms in total. The first-order valence-electron chi connectivity index (χ1n) is 6.15. The molecule has 0 aromatic carbocycles. The molecule has 2 N–H and O–H groups in total. The van der Waals surface area contributed by atoms with Gasteiger partial charge < -0.3 is 9.73 Å². The fourth-order valence-electron chi connectivity index (χ4n) is 2.38. The maximum absolute atomic E-state index is 12.3. The lowest BCUT2D eigenvalue weighted by Gasteiger charge is -2.26. The van der Waals surface area contributed by atoms with Crippen molar-refractivity contribution in [3.63, 3.8) is 0 Å². The van der Waals surface area contributed by atoms with Crippen molar-refractivity contribution in [3.8, 4) is 0 Å². The van der Waals surface area contributed by atoms with Gasteiger partial charge in [0.1, 0.15) is 6.26 Å². The van der Waals surface area contributed by atoms with Crippen LogP contribution in [0.5, 0.6) is 0 Å². The summed E-state index contributed by atoms with van der Waals surface area (Å²) < 4.78 is 5.15. The van der Waals surface area contributed by atoms with Gasteiger partial charge in [-0.15, -0.1) is 0 Å². The van der Waals surface area contributed by atoms with E-state index in [1.54, 1.807) is 0 Å². The maximum Gasteiger partial charge on any atom is 0.301 e. The van der Waals surface area contributed by atoms with Gasteiger partial charge in [-0.3, -0.25) is 10.1 Å². The molecule has 1 fully saturated rings. The molecular formula is C12H19N3O2. The van der Waals surface area contributed by atoms with Crippen molar-refractivity contribution < 1.29 is 9.21 Å². The first-order chi connectivity index (χ1) is 8.16. The number of rotatable bonds is 4. The maximum atomic E-state index is 12.3. The molecule has 5 heteroatoms.